The number of nitrogens with one attached hydrogen (secondary N) is 2. The number of hydrazone groups is 1. The van der Waals surface area contributed by atoms with Gasteiger partial charge in [0.05, 0.1) is 16.0 Å². The average Bonchev–Trinajstić information content (AvgIpc) is 2.81. The molecular formula is C20H34F3N7OS. The first kappa shape index (κ1) is 26.4. The molecule has 8 nitrogen and oxygen atoms in total. The number of nitrogens with zero attached hydrogens (tertiary/aromatic N) is 2. The number of amidine groups is 1. The molecule has 32 heavy (non-hydrogen) atoms. The number of halogens is 3. The van der Waals surface area contributed by atoms with Crippen LogP contribution in [0.15, 0.2) is 22.1 Å². The van der Waals surface area contributed by atoms with Crippen LogP contribution >= 0.6 is 0 Å². The molecule has 1 aromatic carbocycles. The summed E-state index contributed by atoms with van der Waals surface area (Å²) in [5.74, 6) is 11.9. The van der Waals surface area contributed by atoms with Gasteiger partial charge in [-0.1, -0.05) is 13.8 Å². The Kier molecular flexibility index (Phi) is 9.74. The van der Waals surface area contributed by atoms with Crippen molar-refractivity contribution < 1.29 is 17.4 Å². The molecule has 2 aliphatic rings. The van der Waals surface area contributed by atoms with Crippen LogP contribution in [0.3, 0.4) is 0 Å². The van der Waals surface area contributed by atoms with Gasteiger partial charge in [0, 0.05) is 18.8 Å². The van der Waals surface area contributed by atoms with E-state index in [2.05, 4.69) is 15.8 Å². The van der Waals surface area contributed by atoms with E-state index in [1.165, 1.54) is 6.07 Å². The molecule has 2 fully saturated rings. The fraction of sp³-hybridized carbons (Fsp3) is 0.650. The lowest BCUT2D eigenvalue weighted by atomic mass is 9.79. The van der Waals surface area contributed by atoms with E-state index in [1.54, 1.807) is 0 Å². The van der Waals surface area contributed by atoms with Crippen LogP contribution in [-0.4, -0.2) is 36.2 Å². The van der Waals surface area contributed by atoms with Crippen LogP contribution in [0.1, 0.15) is 50.7 Å². The standard InChI is InChI=1S/C18H28F3N7OS.C2H6/c19-18(20,21)13-1-2-14(15(16(13)30(24)29)17(26-22)27-23)28-9-5-12(6-10-28)11-3-7-25-8-4-11;1-2/h1-2,11-12,25H,3-10,22-24H2,(H,26,27);1-2H3. The van der Waals surface area contributed by atoms with Crippen molar-refractivity contribution in [2.24, 2.45) is 33.8 Å². The summed E-state index contributed by atoms with van der Waals surface area (Å²) in [5, 5.41) is 12.3. The van der Waals surface area contributed by atoms with Gasteiger partial charge in [-0.05, 0) is 62.7 Å². The van der Waals surface area contributed by atoms with Crippen molar-refractivity contribution in [3.8, 4) is 0 Å². The van der Waals surface area contributed by atoms with Crippen molar-refractivity contribution >= 4 is 22.5 Å². The van der Waals surface area contributed by atoms with Gasteiger partial charge in [0.2, 0.25) is 0 Å². The number of benzene rings is 1. The Balaban J connectivity index is 0.00000176. The predicted octanol–water partition coefficient (Wildman–Crippen LogP) is 2.01. The molecule has 0 amide bonds. The fourth-order valence-corrected chi connectivity index (χ4v) is 5.40. The van der Waals surface area contributed by atoms with E-state index in [0.29, 0.717) is 30.6 Å². The predicted molar refractivity (Wildman–Crippen MR) is 122 cm³/mol. The number of piperidine rings is 2. The second-order valence-corrected chi connectivity index (χ2v) is 8.67. The Morgan fingerprint density at radius 2 is 1.72 bits per heavy atom. The first-order valence-corrected chi connectivity index (χ1v) is 12.1. The summed E-state index contributed by atoms with van der Waals surface area (Å²) in [5.41, 5.74) is 1.48. The van der Waals surface area contributed by atoms with Crippen molar-refractivity contribution in [3.63, 3.8) is 0 Å². The van der Waals surface area contributed by atoms with Crippen LogP contribution in [0.25, 0.3) is 0 Å². The normalized spacial score (nSPS) is 19.8. The van der Waals surface area contributed by atoms with E-state index in [9.17, 15) is 17.4 Å². The molecule has 0 radical (unpaired) electrons. The van der Waals surface area contributed by atoms with Crippen molar-refractivity contribution in [3.05, 3.63) is 23.3 Å². The second-order valence-electron chi connectivity index (χ2n) is 7.67. The van der Waals surface area contributed by atoms with E-state index in [4.69, 9.17) is 16.8 Å². The zero-order valence-electron chi connectivity index (χ0n) is 18.5. The highest BCUT2D eigenvalue weighted by Gasteiger charge is 2.38. The number of alkyl halides is 3. The van der Waals surface area contributed by atoms with E-state index in [-0.39, 0.29) is 11.4 Å². The minimum atomic E-state index is -4.74. The molecule has 182 valence electrons. The third-order valence-electron chi connectivity index (χ3n) is 6.08. The molecular weight excluding hydrogens is 443 g/mol. The van der Waals surface area contributed by atoms with E-state index < -0.39 is 27.6 Å². The topological polar surface area (TPSA) is 135 Å². The first-order valence-electron chi connectivity index (χ1n) is 10.9. The SMILES string of the molecule is CC.N/N=C(\NN)c1c(N2CCC(C3CCNCC3)CC2)ccc(C(F)(F)F)c1S(N)=O. The maximum atomic E-state index is 13.6. The van der Waals surface area contributed by atoms with Crippen LogP contribution in [0, 0.1) is 11.8 Å². The summed E-state index contributed by atoms with van der Waals surface area (Å²) in [4.78, 5) is 1.38. The molecule has 0 aromatic heterocycles. The van der Waals surface area contributed by atoms with Gasteiger partial charge in [-0.15, -0.1) is 0 Å². The zero-order valence-corrected chi connectivity index (χ0v) is 19.4. The minimum Gasteiger partial charge on any atom is -0.371 e. The Morgan fingerprint density at radius 3 is 2.19 bits per heavy atom. The lowest BCUT2D eigenvalue weighted by Gasteiger charge is -2.39. The molecule has 0 saturated carbocycles. The summed E-state index contributed by atoms with van der Waals surface area (Å²) in [6.45, 7) is 7.37. The Bertz CT molecular complexity index is 805. The summed E-state index contributed by atoms with van der Waals surface area (Å²) < 4.78 is 52.8. The third kappa shape index (κ3) is 5.91. The van der Waals surface area contributed by atoms with Crippen molar-refractivity contribution in [2.45, 2.75) is 50.6 Å². The monoisotopic (exact) mass is 477 g/mol. The Morgan fingerprint density at radius 1 is 1.16 bits per heavy atom. The smallest absolute Gasteiger partial charge is 0.371 e. The largest absolute Gasteiger partial charge is 0.417 e. The van der Waals surface area contributed by atoms with Crippen molar-refractivity contribution in [1.82, 2.24) is 10.7 Å². The minimum absolute atomic E-state index is 0.0732. The summed E-state index contributed by atoms with van der Waals surface area (Å²) in [7, 11) is -2.43. The highest BCUT2D eigenvalue weighted by atomic mass is 32.2. The van der Waals surface area contributed by atoms with Crippen LogP contribution in [0.4, 0.5) is 18.9 Å². The van der Waals surface area contributed by atoms with Gasteiger partial charge in [0.25, 0.3) is 0 Å². The zero-order chi connectivity index (χ0) is 23.9. The van der Waals surface area contributed by atoms with Gasteiger partial charge < -0.3 is 21.5 Å². The molecule has 8 N–H and O–H groups in total. The molecule has 2 heterocycles. The van der Waals surface area contributed by atoms with Crippen LogP contribution in [0.2, 0.25) is 0 Å². The molecule has 12 heteroatoms. The number of hydrogen-bond acceptors (Lipinski definition) is 6. The molecule has 1 atom stereocenters. The molecule has 3 rings (SSSR count). The number of rotatable bonds is 4. The average molecular weight is 478 g/mol. The van der Waals surface area contributed by atoms with Gasteiger partial charge in [-0.2, -0.15) is 18.3 Å². The lowest BCUT2D eigenvalue weighted by Crippen LogP contribution is -2.41. The number of hydrazine groups is 1. The summed E-state index contributed by atoms with van der Waals surface area (Å²) >= 11 is 0. The van der Waals surface area contributed by atoms with Gasteiger partial charge in [0.15, 0.2) is 5.84 Å². The molecule has 0 aliphatic carbocycles. The van der Waals surface area contributed by atoms with Crippen molar-refractivity contribution in [1.29, 1.82) is 0 Å². The third-order valence-corrected chi connectivity index (χ3v) is 6.90. The number of nitrogens with two attached hydrogens (primary N) is 3. The maximum Gasteiger partial charge on any atom is 0.417 e. The van der Waals surface area contributed by atoms with Crippen LogP contribution < -0.4 is 32.5 Å². The van der Waals surface area contributed by atoms with E-state index in [1.807, 2.05) is 18.7 Å². The van der Waals surface area contributed by atoms with Crippen molar-refractivity contribution in [2.75, 3.05) is 31.1 Å². The molecule has 1 unspecified atom stereocenters. The fourth-order valence-electron chi connectivity index (χ4n) is 4.60. The Labute approximate surface area is 189 Å². The highest BCUT2D eigenvalue weighted by Crippen LogP contribution is 2.40. The number of hydrogen-bond donors (Lipinski definition) is 5. The van der Waals surface area contributed by atoms with Gasteiger partial charge >= 0.3 is 6.18 Å². The molecule has 2 saturated heterocycles. The molecule has 1 aromatic rings. The van der Waals surface area contributed by atoms with Crippen LogP contribution in [0.5, 0.6) is 0 Å². The second kappa shape index (κ2) is 11.8. The van der Waals surface area contributed by atoms with Gasteiger partial charge in [0.1, 0.15) is 11.0 Å². The summed E-state index contributed by atoms with van der Waals surface area (Å²) in [6.07, 6.45) is -0.593. The first-order chi connectivity index (χ1) is 15.3. The van der Waals surface area contributed by atoms with E-state index >= 15 is 0 Å². The quantitative estimate of drug-likeness (QED) is 0.195. The van der Waals surface area contributed by atoms with Gasteiger partial charge in [-0.3, -0.25) is 0 Å². The van der Waals surface area contributed by atoms with Crippen LogP contribution in [-0.2, 0) is 17.2 Å². The summed E-state index contributed by atoms with van der Waals surface area (Å²) in [6, 6.07) is 2.25. The highest BCUT2D eigenvalue weighted by molar-refractivity contribution is 7.82. The molecule has 0 bridgehead atoms. The lowest BCUT2D eigenvalue weighted by molar-refractivity contribution is -0.139. The molecule has 2 aliphatic heterocycles. The molecule has 0 spiro atoms. The maximum absolute atomic E-state index is 13.6. The van der Waals surface area contributed by atoms with E-state index in [0.717, 1.165) is 44.8 Å². The van der Waals surface area contributed by atoms with Gasteiger partial charge in [-0.25, -0.2) is 15.2 Å². The Hall–Kier alpha value is -1.89. The number of anilines is 1.